The summed E-state index contributed by atoms with van der Waals surface area (Å²) in [5, 5.41) is 21.9. The summed E-state index contributed by atoms with van der Waals surface area (Å²) in [5.41, 5.74) is -0.467. The molecule has 0 fully saturated rings. The van der Waals surface area contributed by atoms with Gasteiger partial charge < -0.3 is 19.3 Å². The monoisotopic (exact) mass is 458 g/mol. The van der Waals surface area contributed by atoms with Crippen LogP contribution in [0.5, 0.6) is 11.5 Å². The lowest BCUT2D eigenvalue weighted by molar-refractivity contribution is 0.0232. The van der Waals surface area contributed by atoms with Gasteiger partial charge in [-0.05, 0) is 35.5 Å². The van der Waals surface area contributed by atoms with E-state index in [0.29, 0.717) is 36.2 Å². The standard InChI is InChI=1S/C23H34N4O4Si/c1-16(2)23(28,22-14-27(26-25-22)15-31-8-9-32(5,6)7)21-12-17-10-19(29-3)20(30-4)11-18(17)13-24-21/h10-14,16,28H,8-9,15H2,1-7H3. The van der Waals surface area contributed by atoms with Gasteiger partial charge in [0.2, 0.25) is 0 Å². The Bertz CT molecular complexity index is 1060. The first-order valence-corrected chi connectivity index (χ1v) is 14.5. The van der Waals surface area contributed by atoms with Crippen LogP contribution in [0.15, 0.2) is 30.6 Å². The van der Waals surface area contributed by atoms with E-state index in [4.69, 9.17) is 14.2 Å². The van der Waals surface area contributed by atoms with Crippen LogP contribution in [-0.4, -0.2) is 54.0 Å². The van der Waals surface area contributed by atoms with Gasteiger partial charge in [-0.25, -0.2) is 4.68 Å². The SMILES string of the molecule is COc1cc2cnc(C(O)(c3cn(COCC[Si](C)(C)C)nn3)C(C)C)cc2cc1OC. The van der Waals surface area contributed by atoms with E-state index in [2.05, 4.69) is 34.9 Å². The van der Waals surface area contributed by atoms with Gasteiger partial charge in [0.15, 0.2) is 17.1 Å². The van der Waals surface area contributed by atoms with Gasteiger partial charge >= 0.3 is 0 Å². The Morgan fingerprint density at radius 1 is 1.03 bits per heavy atom. The molecule has 0 amide bonds. The van der Waals surface area contributed by atoms with E-state index in [1.54, 1.807) is 31.3 Å². The van der Waals surface area contributed by atoms with Gasteiger partial charge in [-0.3, -0.25) is 4.98 Å². The van der Waals surface area contributed by atoms with Gasteiger partial charge in [-0.2, -0.15) is 0 Å². The maximum Gasteiger partial charge on any atom is 0.161 e. The van der Waals surface area contributed by atoms with Crippen molar-refractivity contribution in [2.75, 3.05) is 20.8 Å². The molecule has 0 saturated carbocycles. The highest BCUT2D eigenvalue weighted by Crippen LogP contribution is 2.37. The van der Waals surface area contributed by atoms with Crippen molar-refractivity contribution < 1.29 is 19.3 Å². The molecule has 9 heteroatoms. The summed E-state index contributed by atoms with van der Waals surface area (Å²) in [6.45, 7) is 11.8. The van der Waals surface area contributed by atoms with E-state index in [0.717, 1.165) is 16.8 Å². The molecule has 3 aromatic rings. The van der Waals surface area contributed by atoms with Gasteiger partial charge in [0.25, 0.3) is 0 Å². The lowest BCUT2D eigenvalue weighted by Crippen LogP contribution is -2.35. The zero-order chi connectivity index (χ0) is 23.5. The average Bonchev–Trinajstić information content (AvgIpc) is 3.23. The Labute approximate surface area is 190 Å². The zero-order valence-electron chi connectivity index (χ0n) is 20.0. The Balaban J connectivity index is 1.90. The topological polar surface area (TPSA) is 91.5 Å². The smallest absolute Gasteiger partial charge is 0.161 e. The zero-order valence-corrected chi connectivity index (χ0v) is 21.0. The molecular weight excluding hydrogens is 424 g/mol. The molecule has 0 aliphatic rings. The van der Waals surface area contributed by atoms with E-state index < -0.39 is 13.7 Å². The van der Waals surface area contributed by atoms with E-state index in [9.17, 15) is 5.11 Å². The molecule has 1 atom stereocenters. The number of fused-ring (bicyclic) bond motifs is 1. The lowest BCUT2D eigenvalue weighted by Gasteiger charge is -2.29. The second kappa shape index (κ2) is 9.56. The van der Waals surface area contributed by atoms with Gasteiger partial charge in [-0.1, -0.05) is 38.7 Å². The van der Waals surface area contributed by atoms with Crippen LogP contribution < -0.4 is 9.47 Å². The molecule has 0 aliphatic heterocycles. The third kappa shape index (κ3) is 5.11. The molecule has 0 aliphatic carbocycles. The third-order valence-electron chi connectivity index (χ3n) is 5.60. The summed E-state index contributed by atoms with van der Waals surface area (Å²) in [6.07, 6.45) is 3.46. The van der Waals surface area contributed by atoms with Crippen molar-refractivity contribution in [2.24, 2.45) is 5.92 Å². The number of nitrogens with zero attached hydrogens (tertiary/aromatic N) is 4. The fourth-order valence-electron chi connectivity index (χ4n) is 3.47. The molecule has 2 heterocycles. The lowest BCUT2D eigenvalue weighted by atomic mass is 9.83. The molecule has 0 radical (unpaired) electrons. The number of hydrogen-bond donors (Lipinski definition) is 1. The van der Waals surface area contributed by atoms with Crippen molar-refractivity contribution in [3.63, 3.8) is 0 Å². The second-order valence-corrected chi connectivity index (χ2v) is 15.2. The Morgan fingerprint density at radius 3 is 2.28 bits per heavy atom. The molecule has 0 saturated heterocycles. The first-order valence-electron chi connectivity index (χ1n) is 10.8. The van der Waals surface area contributed by atoms with Crippen LogP contribution in [-0.2, 0) is 17.1 Å². The maximum atomic E-state index is 11.7. The summed E-state index contributed by atoms with van der Waals surface area (Å²) in [5.74, 6) is 1.06. The fraction of sp³-hybridized carbons (Fsp3) is 0.522. The van der Waals surface area contributed by atoms with Crippen molar-refractivity contribution in [1.82, 2.24) is 20.0 Å². The largest absolute Gasteiger partial charge is 0.493 e. The molecule has 1 N–H and O–H groups in total. The molecule has 0 spiro atoms. The molecular formula is C23H34N4O4Si. The summed E-state index contributed by atoms with van der Waals surface area (Å²) in [6, 6.07) is 6.69. The van der Waals surface area contributed by atoms with E-state index in [-0.39, 0.29) is 5.92 Å². The Hall–Kier alpha value is -2.49. The van der Waals surface area contributed by atoms with Gasteiger partial charge in [0, 0.05) is 26.3 Å². The van der Waals surface area contributed by atoms with E-state index >= 15 is 0 Å². The van der Waals surface area contributed by atoms with Crippen LogP contribution in [0.25, 0.3) is 10.8 Å². The molecule has 1 aromatic carbocycles. The van der Waals surface area contributed by atoms with Crippen molar-refractivity contribution in [3.8, 4) is 11.5 Å². The van der Waals surface area contributed by atoms with E-state index in [1.165, 1.54) is 0 Å². The number of hydrogen-bond acceptors (Lipinski definition) is 7. The third-order valence-corrected chi connectivity index (χ3v) is 7.30. The van der Waals surface area contributed by atoms with E-state index in [1.807, 2.05) is 32.0 Å². The minimum absolute atomic E-state index is 0.189. The molecule has 174 valence electrons. The minimum Gasteiger partial charge on any atom is -0.493 e. The van der Waals surface area contributed by atoms with Crippen molar-refractivity contribution >= 4 is 18.8 Å². The normalized spacial score (nSPS) is 14.0. The highest BCUT2D eigenvalue weighted by molar-refractivity contribution is 6.76. The first kappa shape index (κ1) is 24.2. The Kier molecular flexibility index (Phi) is 7.21. The van der Waals surface area contributed by atoms with Crippen molar-refractivity contribution in [3.05, 3.63) is 42.0 Å². The van der Waals surface area contributed by atoms with Crippen LogP contribution in [0.2, 0.25) is 25.7 Å². The summed E-state index contributed by atoms with van der Waals surface area (Å²) in [4.78, 5) is 4.57. The quantitative estimate of drug-likeness (QED) is 0.362. The van der Waals surface area contributed by atoms with Crippen LogP contribution in [0.1, 0.15) is 25.2 Å². The first-order chi connectivity index (χ1) is 15.1. The van der Waals surface area contributed by atoms with Gasteiger partial charge in [-0.15, -0.1) is 5.10 Å². The molecule has 8 nitrogen and oxygen atoms in total. The number of aliphatic hydroxyl groups is 1. The van der Waals surface area contributed by atoms with Crippen molar-refractivity contribution in [2.45, 2.75) is 51.9 Å². The highest BCUT2D eigenvalue weighted by Gasteiger charge is 2.40. The number of methoxy groups -OCH3 is 2. The highest BCUT2D eigenvalue weighted by atomic mass is 28.3. The fourth-order valence-corrected chi connectivity index (χ4v) is 4.23. The number of pyridine rings is 1. The van der Waals surface area contributed by atoms with Crippen LogP contribution >= 0.6 is 0 Å². The number of aromatic nitrogens is 4. The number of rotatable bonds is 10. The summed E-state index contributed by atoms with van der Waals surface area (Å²) in [7, 11) is 2.05. The summed E-state index contributed by atoms with van der Waals surface area (Å²) >= 11 is 0. The van der Waals surface area contributed by atoms with Crippen LogP contribution in [0, 0.1) is 5.92 Å². The molecule has 1 unspecified atom stereocenters. The molecule has 2 aromatic heterocycles. The van der Waals surface area contributed by atoms with Crippen molar-refractivity contribution in [1.29, 1.82) is 0 Å². The number of ether oxygens (including phenoxy) is 3. The average molecular weight is 459 g/mol. The summed E-state index contributed by atoms with van der Waals surface area (Å²) < 4.78 is 18.2. The van der Waals surface area contributed by atoms with Gasteiger partial charge in [0.1, 0.15) is 12.4 Å². The van der Waals surface area contributed by atoms with Crippen LogP contribution in [0.3, 0.4) is 0 Å². The Morgan fingerprint density at radius 2 is 1.69 bits per heavy atom. The second-order valence-electron chi connectivity index (χ2n) is 9.54. The van der Waals surface area contributed by atoms with Crippen LogP contribution in [0.4, 0.5) is 0 Å². The van der Waals surface area contributed by atoms with Gasteiger partial charge in [0.05, 0.1) is 26.1 Å². The molecule has 0 bridgehead atoms. The minimum atomic E-state index is -1.40. The molecule has 3 rings (SSSR count). The molecule has 32 heavy (non-hydrogen) atoms. The predicted molar refractivity (Wildman–Crippen MR) is 127 cm³/mol. The number of benzene rings is 1. The maximum absolute atomic E-state index is 11.7. The predicted octanol–water partition coefficient (Wildman–Crippen LogP) is 4.05.